The molecule has 2 aromatic heterocycles. The Bertz CT molecular complexity index is 469. The van der Waals surface area contributed by atoms with E-state index in [1.54, 1.807) is 13.8 Å². The number of anilines is 1. The van der Waals surface area contributed by atoms with Crippen LogP contribution >= 0.6 is 0 Å². The average molecular weight is 223 g/mol. The Kier molecular flexibility index (Phi) is 2.71. The van der Waals surface area contributed by atoms with Gasteiger partial charge in [0, 0.05) is 0 Å². The van der Waals surface area contributed by atoms with E-state index in [4.69, 9.17) is 0 Å². The van der Waals surface area contributed by atoms with Gasteiger partial charge in [-0.1, -0.05) is 5.21 Å². The first-order chi connectivity index (χ1) is 7.68. The van der Waals surface area contributed by atoms with Crippen molar-refractivity contribution in [3.63, 3.8) is 0 Å². The number of hydrogen-bond acceptors (Lipinski definition) is 6. The van der Waals surface area contributed by atoms with E-state index in [0.717, 1.165) is 0 Å². The molecule has 1 unspecified atom stereocenters. The van der Waals surface area contributed by atoms with Gasteiger partial charge in [-0.25, -0.2) is 14.4 Å². The van der Waals surface area contributed by atoms with Crippen molar-refractivity contribution in [1.29, 1.82) is 0 Å². The van der Waals surface area contributed by atoms with Crippen LogP contribution in [0.2, 0.25) is 0 Å². The first-order valence-corrected chi connectivity index (χ1v) is 4.65. The van der Waals surface area contributed by atoms with Crippen molar-refractivity contribution in [3.8, 4) is 0 Å². The summed E-state index contributed by atoms with van der Waals surface area (Å²) < 4.78 is 13.6. The summed E-state index contributed by atoms with van der Waals surface area (Å²) in [7, 11) is 0. The molecule has 2 rings (SSSR count). The van der Waals surface area contributed by atoms with Crippen molar-refractivity contribution >= 4 is 5.82 Å². The Morgan fingerprint density at radius 3 is 2.94 bits per heavy atom. The second kappa shape index (κ2) is 4.17. The summed E-state index contributed by atoms with van der Waals surface area (Å²) in [6, 6.07) is -0.289. The highest BCUT2D eigenvalue weighted by atomic mass is 19.1. The summed E-state index contributed by atoms with van der Waals surface area (Å²) in [5.41, 5.74) is 0.290. The molecule has 16 heavy (non-hydrogen) atoms. The summed E-state index contributed by atoms with van der Waals surface area (Å²) in [6.07, 6.45) is 1.30. The van der Waals surface area contributed by atoms with Crippen LogP contribution in [-0.4, -0.2) is 30.6 Å². The topological polar surface area (TPSA) is 92.3 Å². The van der Waals surface area contributed by atoms with Crippen LogP contribution in [-0.2, 0) is 0 Å². The Labute approximate surface area is 90.5 Å². The van der Waals surface area contributed by atoms with Crippen LogP contribution in [0.4, 0.5) is 10.2 Å². The van der Waals surface area contributed by atoms with Gasteiger partial charge < -0.3 is 5.32 Å². The fourth-order valence-corrected chi connectivity index (χ4v) is 1.18. The number of rotatable bonds is 3. The lowest BCUT2D eigenvalue weighted by Gasteiger charge is -2.11. The smallest absolute Gasteiger partial charge is 0.196 e. The minimum absolute atomic E-state index is 0.129. The fraction of sp³-hybridized carbons (Fsp3) is 0.375. The van der Waals surface area contributed by atoms with Crippen LogP contribution < -0.4 is 5.32 Å². The fourth-order valence-electron chi connectivity index (χ4n) is 1.18. The van der Waals surface area contributed by atoms with Gasteiger partial charge in [0.1, 0.15) is 6.33 Å². The van der Waals surface area contributed by atoms with Crippen LogP contribution in [0.15, 0.2) is 6.33 Å². The van der Waals surface area contributed by atoms with Gasteiger partial charge in [0.2, 0.25) is 0 Å². The predicted octanol–water partition coefficient (Wildman–Crippen LogP) is 0.610. The second-order valence-electron chi connectivity index (χ2n) is 3.26. The number of tetrazole rings is 1. The zero-order valence-electron chi connectivity index (χ0n) is 8.77. The maximum absolute atomic E-state index is 13.6. The molecule has 0 bridgehead atoms. The molecule has 0 fully saturated rings. The first-order valence-electron chi connectivity index (χ1n) is 4.65. The third-order valence-electron chi connectivity index (χ3n) is 2.07. The summed E-state index contributed by atoms with van der Waals surface area (Å²) in [6.45, 7) is 3.35. The van der Waals surface area contributed by atoms with Crippen LogP contribution in [0.1, 0.15) is 24.5 Å². The van der Waals surface area contributed by atoms with Gasteiger partial charge >= 0.3 is 0 Å². The number of H-pyrrole nitrogens is 1. The number of hydrogen-bond donors (Lipinski definition) is 2. The van der Waals surface area contributed by atoms with Crippen molar-refractivity contribution in [2.75, 3.05) is 5.32 Å². The van der Waals surface area contributed by atoms with Gasteiger partial charge in [-0.2, -0.15) is 5.21 Å². The van der Waals surface area contributed by atoms with E-state index in [-0.39, 0.29) is 17.6 Å². The van der Waals surface area contributed by atoms with Crippen LogP contribution in [0.3, 0.4) is 0 Å². The minimum Gasteiger partial charge on any atom is -0.358 e. The highest BCUT2D eigenvalue weighted by Gasteiger charge is 2.14. The monoisotopic (exact) mass is 223 g/mol. The molecule has 0 aliphatic heterocycles. The van der Waals surface area contributed by atoms with E-state index >= 15 is 0 Å². The number of aryl methyl sites for hydroxylation is 1. The number of halogens is 1. The molecule has 0 radical (unpaired) electrons. The van der Waals surface area contributed by atoms with Crippen LogP contribution in [0.25, 0.3) is 0 Å². The first kappa shape index (κ1) is 10.4. The summed E-state index contributed by atoms with van der Waals surface area (Å²) in [5.74, 6) is 0.0957. The van der Waals surface area contributed by atoms with Crippen molar-refractivity contribution in [2.24, 2.45) is 0 Å². The molecule has 0 aliphatic rings. The van der Waals surface area contributed by atoms with Gasteiger partial charge in [-0.15, -0.1) is 10.2 Å². The van der Waals surface area contributed by atoms with Crippen LogP contribution in [0, 0.1) is 12.7 Å². The lowest BCUT2D eigenvalue weighted by atomic mass is 10.3. The Morgan fingerprint density at radius 1 is 1.44 bits per heavy atom. The van der Waals surface area contributed by atoms with Crippen molar-refractivity contribution in [2.45, 2.75) is 19.9 Å². The number of aromatic amines is 1. The van der Waals surface area contributed by atoms with E-state index in [9.17, 15) is 4.39 Å². The van der Waals surface area contributed by atoms with E-state index in [1.807, 2.05) is 0 Å². The van der Waals surface area contributed by atoms with Crippen molar-refractivity contribution in [3.05, 3.63) is 23.7 Å². The lowest BCUT2D eigenvalue weighted by molar-refractivity contribution is 0.600. The Hall–Kier alpha value is -2.12. The zero-order chi connectivity index (χ0) is 11.5. The Balaban J connectivity index is 2.18. The molecule has 2 aromatic rings. The van der Waals surface area contributed by atoms with Crippen molar-refractivity contribution < 1.29 is 4.39 Å². The number of aromatic nitrogens is 6. The molecule has 1 atom stereocenters. The number of nitrogens with zero attached hydrogens (tertiary/aromatic N) is 5. The Morgan fingerprint density at radius 2 is 2.25 bits per heavy atom. The summed E-state index contributed by atoms with van der Waals surface area (Å²) in [5, 5.41) is 16.2. The van der Waals surface area contributed by atoms with E-state index in [0.29, 0.717) is 5.82 Å². The standard InChI is InChI=1S/C8H10FN7/c1-4-6(9)8(11-3-10-4)12-5(2)7-13-15-16-14-7/h3,5H,1-2H3,(H,10,11,12)(H,13,14,15,16). The normalized spacial score (nSPS) is 12.4. The third-order valence-corrected chi connectivity index (χ3v) is 2.07. The molecule has 0 saturated carbocycles. The van der Waals surface area contributed by atoms with Crippen molar-refractivity contribution in [1.82, 2.24) is 30.6 Å². The van der Waals surface area contributed by atoms with Gasteiger partial charge in [-0.3, -0.25) is 0 Å². The molecule has 0 spiro atoms. The highest BCUT2D eigenvalue weighted by molar-refractivity contribution is 5.38. The molecule has 0 aromatic carbocycles. The van der Waals surface area contributed by atoms with E-state index < -0.39 is 5.82 Å². The molecular weight excluding hydrogens is 213 g/mol. The maximum Gasteiger partial charge on any atom is 0.196 e. The predicted molar refractivity (Wildman–Crippen MR) is 52.9 cm³/mol. The summed E-state index contributed by atoms with van der Waals surface area (Å²) >= 11 is 0. The molecule has 2 N–H and O–H groups in total. The van der Waals surface area contributed by atoms with E-state index in [1.165, 1.54) is 6.33 Å². The van der Waals surface area contributed by atoms with Gasteiger partial charge in [0.15, 0.2) is 17.5 Å². The SMILES string of the molecule is Cc1ncnc(NC(C)c2nn[nH]n2)c1F. The molecule has 8 heteroatoms. The zero-order valence-corrected chi connectivity index (χ0v) is 8.77. The van der Waals surface area contributed by atoms with Gasteiger partial charge in [0.25, 0.3) is 0 Å². The van der Waals surface area contributed by atoms with Gasteiger partial charge in [0.05, 0.1) is 11.7 Å². The molecule has 84 valence electrons. The molecule has 0 amide bonds. The van der Waals surface area contributed by atoms with Crippen LogP contribution in [0.5, 0.6) is 0 Å². The highest BCUT2D eigenvalue weighted by Crippen LogP contribution is 2.17. The average Bonchev–Trinajstić information content (AvgIpc) is 2.78. The molecule has 7 nitrogen and oxygen atoms in total. The quantitative estimate of drug-likeness (QED) is 0.792. The molecule has 0 aliphatic carbocycles. The van der Waals surface area contributed by atoms with Gasteiger partial charge in [-0.05, 0) is 13.8 Å². The lowest BCUT2D eigenvalue weighted by Crippen LogP contribution is -2.12. The third kappa shape index (κ3) is 1.95. The second-order valence-corrected chi connectivity index (χ2v) is 3.26. The molecule has 0 saturated heterocycles. The number of nitrogens with one attached hydrogen (secondary N) is 2. The maximum atomic E-state index is 13.6. The molecular formula is C8H10FN7. The largest absolute Gasteiger partial charge is 0.358 e. The molecule has 2 heterocycles. The summed E-state index contributed by atoms with van der Waals surface area (Å²) in [4.78, 5) is 7.54. The van der Waals surface area contributed by atoms with E-state index in [2.05, 4.69) is 35.9 Å². The minimum atomic E-state index is -0.474.